The molecule has 2 aromatic rings. The largest absolute Gasteiger partial charge is 0.441 e. The van der Waals surface area contributed by atoms with Gasteiger partial charge in [0.15, 0.2) is 0 Å². The Balaban J connectivity index is 1.56. The van der Waals surface area contributed by atoms with Gasteiger partial charge in [0.25, 0.3) is 0 Å². The highest BCUT2D eigenvalue weighted by atomic mass is 16.4. The Morgan fingerprint density at radius 3 is 3.17 bits per heavy atom. The molecule has 126 valence electrons. The summed E-state index contributed by atoms with van der Waals surface area (Å²) in [5.74, 6) is 1.97. The molecule has 2 N–H and O–H groups in total. The van der Waals surface area contributed by atoms with Crippen LogP contribution in [0.25, 0.3) is 11.5 Å². The molecule has 1 aliphatic heterocycles. The minimum Gasteiger partial charge on any atom is -0.441 e. The van der Waals surface area contributed by atoms with Crippen LogP contribution in [-0.2, 0) is 4.79 Å². The second-order valence-corrected chi connectivity index (χ2v) is 7.04. The lowest BCUT2D eigenvalue weighted by molar-refractivity contribution is -0.128. The third-order valence-electron chi connectivity index (χ3n) is 5.48. The van der Waals surface area contributed by atoms with Crippen LogP contribution in [0.5, 0.6) is 0 Å². The van der Waals surface area contributed by atoms with Crippen molar-refractivity contribution in [3.05, 3.63) is 36.2 Å². The lowest BCUT2D eigenvalue weighted by Crippen LogP contribution is -2.44. The number of hydrogen-bond donors (Lipinski definition) is 2. The van der Waals surface area contributed by atoms with Crippen molar-refractivity contribution >= 4 is 11.6 Å². The molecule has 1 aromatic carbocycles. The Bertz CT molecular complexity index is 755. The zero-order valence-electron chi connectivity index (χ0n) is 14.0. The number of aromatic nitrogens is 1. The normalized spacial score (nSPS) is 26.1. The lowest BCUT2D eigenvalue weighted by Gasteiger charge is -2.37. The van der Waals surface area contributed by atoms with Gasteiger partial charge in [-0.25, -0.2) is 4.98 Å². The maximum Gasteiger partial charge on any atom is 0.232 e. The molecule has 1 aliphatic carbocycles. The van der Waals surface area contributed by atoms with Gasteiger partial charge in [0.05, 0.1) is 11.6 Å². The number of oxazole rings is 1. The van der Waals surface area contributed by atoms with Gasteiger partial charge in [-0.3, -0.25) is 4.79 Å². The molecule has 1 saturated heterocycles. The van der Waals surface area contributed by atoms with Gasteiger partial charge in [0, 0.05) is 17.8 Å². The highest BCUT2D eigenvalue weighted by Gasteiger charge is 2.49. The summed E-state index contributed by atoms with van der Waals surface area (Å²) in [6.07, 6.45) is 6.21. The van der Waals surface area contributed by atoms with E-state index < -0.39 is 0 Å². The number of carbonyl (C=O) groups excluding carboxylic acids is 1. The molecule has 2 atom stereocenters. The quantitative estimate of drug-likeness (QED) is 0.908. The van der Waals surface area contributed by atoms with Gasteiger partial charge in [0.2, 0.25) is 11.8 Å². The molecule has 1 aromatic heterocycles. The molecule has 2 fully saturated rings. The van der Waals surface area contributed by atoms with Gasteiger partial charge in [-0.2, -0.15) is 0 Å². The van der Waals surface area contributed by atoms with E-state index in [0.29, 0.717) is 11.8 Å². The number of nitrogens with zero attached hydrogens (tertiary/aromatic N) is 1. The predicted octanol–water partition coefficient (Wildman–Crippen LogP) is 3.37. The van der Waals surface area contributed by atoms with Gasteiger partial charge in [0.1, 0.15) is 5.76 Å². The fraction of sp³-hybridized carbons (Fsp3) is 0.474. The maximum absolute atomic E-state index is 13.0. The molecule has 1 amide bonds. The van der Waals surface area contributed by atoms with E-state index in [0.717, 1.165) is 49.4 Å². The number of anilines is 1. The summed E-state index contributed by atoms with van der Waals surface area (Å²) in [5, 5.41) is 6.57. The molecule has 2 heterocycles. The summed E-state index contributed by atoms with van der Waals surface area (Å²) >= 11 is 0. The van der Waals surface area contributed by atoms with Crippen molar-refractivity contribution < 1.29 is 9.21 Å². The number of hydrogen-bond acceptors (Lipinski definition) is 4. The molecule has 0 bridgehead atoms. The third kappa shape index (κ3) is 2.63. The van der Waals surface area contributed by atoms with Crippen molar-refractivity contribution in [3.8, 4) is 11.5 Å². The fourth-order valence-electron chi connectivity index (χ4n) is 4.16. The van der Waals surface area contributed by atoms with Crippen LogP contribution < -0.4 is 10.6 Å². The molecule has 5 heteroatoms. The molecule has 5 nitrogen and oxygen atoms in total. The number of fused-ring (bicyclic) bond motifs is 1. The summed E-state index contributed by atoms with van der Waals surface area (Å²) in [5.41, 5.74) is 1.44. The summed E-state index contributed by atoms with van der Waals surface area (Å²) in [7, 11) is 0. The first-order valence-corrected chi connectivity index (χ1v) is 8.72. The Morgan fingerprint density at radius 2 is 2.33 bits per heavy atom. The van der Waals surface area contributed by atoms with E-state index in [1.54, 1.807) is 6.20 Å². The Labute approximate surface area is 141 Å². The third-order valence-corrected chi connectivity index (χ3v) is 5.48. The molecule has 0 unspecified atom stereocenters. The number of aryl methyl sites for hydroxylation is 1. The SMILES string of the molecule is Cc1cnc(-c2cccc(NC(=O)[C@@]34CCCC[C@H]3CNC4)c2)o1. The molecular weight excluding hydrogens is 302 g/mol. The van der Waals surface area contributed by atoms with Crippen molar-refractivity contribution in [2.45, 2.75) is 32.6 Å². The zero-order valence-corrected chi connectivity index (χ0v) is 14.0. The first kappa shape index (κ1) is 15.4. The van der Waals surface area contributed by atoms with Crippen LogP contribution in [0.4, 0.5) is 5.69 Å². The fourth-order valence-corrected chi connectivity index (χ4v) is 4.16. The Kier molecular flexibility index (Phi) is 3.88. The topological polar surface area (TPSA) is 67.2 Å². The van der Waals surface area contributed by atoms with Gasteiger partial charge in [-0.05, 0) is 50.4 Å². The molecule has 0 radical (unpaired) electrons. The molecule has 1 saturated carbocycles. The van der Waals surface area contributed by atoms with Crippen LogP contribution in [0.1, 0.15) is 31.4 Å². The van der Waals surface area contributed by atoms with Gasteiger partial charge in [-0.15, -0.1) is 0 Å². The van der Waals surface area contributed by atoms with E-state index >= 15 is 0 Å². The number of benzene rings is 1. The van der Waals surface area contributed by atoms with Crippen molar-refractivity contribution in [3.63, 3.8) is 0 Å². The first-order chi connectivity index (χ1) is 11.7. The van der Waals surface area contributed by atoms with Gasteiger partial charge < -0.3 is 15.1 Å². The average molecular weight is 325 g/mol. The van der Waals surface area contributed by atoms with Crippen LogP contribution in [0.15, 0.2) is 34.9 Å². The summed E-state index contributed by atoms with van der Waals surface area (Å²) < 4.78 is 5.58. The molecule has 0 spiro atoms. The van der Waals surface area contributed by atoms with Crippen molar-refractivity contribution in [2.75, 3.05) is 18.4 Å². The highest BCUT2D eigenvalue weighted by molar-refractivity contribution is 5.96. The monoisotopic (exact) mass is 325 g/mol. The molecule has 2 aliphatic rings. The predicted molar refractivity (Wildman–Crippen MR) is 92.6 cm³/mol. The highest BCUT2D eigenvalue weighted by Crippen LogP contribution is 2.44. The zero-order chi connectivity index (χ0) is 16.6. The summed E-state index contributed by atoms with van der Waals surface area (Å²) in [6, 6.07) is 7.72. The summed E-state index contributed by atoms with van der Waals surface area (Å²) in [4.78, 5) is 17.3. The van der Waals surface area contributed by atoms with E-state index in [2.05, 4.69) is 15.6 Å². The van der Waals surface area contributed by atoms with E-state index in [4.69, 9.17) is 4.42 Å². The van der Waals surface area contributed by atoms with Crippen molar-refractivity contribution in [1.29, 1.82) is 0 Å². The van der Waals surface area contributed by atoms with E-state index in [9.17, 15) is 4.79 Å². The first-order valence-electron chi connectivity index (χ1n) is 8.72. The van der Waals surface area contributed by atoms with Crippen LogP contribution in [0, 0.1) is 18.3 Å². The van der Waals surface area contributed by atoms with Gasteiger partial charge >= 0.3 is 0 Å². The van der Waals surface area contributed by atoms with Crippen LogP contribution >= 0.6 is 0 Å². The van der Waals surface area contributed by atoms with Crippen LogP contribution in [0.2, 0.25) is 0 Å². The van der Waals surface area contributed by atoms with Crippen molar-refractivity contribution in [1.82, 2.24) is 10.3 Å². The molecular formula is C19H23N3O2. The number of rotatable bonds is 3. The van der Waals surface area contributed by atoms with Gasteiger partial charge in [-0.1, -0.05) is 18.9 Å². The summed E-state index contributed by atoms with van der Waals surface area (Å²) in [6.45, 7) is 3.63. The standard InChI is InChI=1S/C19H23N3O2/c1-13-10-21-17(24-13)14-5-4-7-16(9-14)22-18(23)19-8-3-2-6-15(19)11-20-12-19/h4-5,7,9-10,15,20H,2-3,6,8,11-12H2,1H3,(H,22,23)/t15-,19+/m0/s1. The minimum absolute atomic E-state index is 0.151. The van der Waals surface area contributed by atoms with Crippen LogP contribution in [0.3, 0.4) is 0 Å². The second-order valence-electron chi connectivity index (χ2n) is 7.04. The molecule has 4 rings (SSSR count). The smallest absolute Gasteiger partial charge is 0.232 e. The lowest BCUT2D eigenvalue weighted by atomic mass is 9.67. The maximum atomic E-state index is 13.0. The number of amides is 1. The molecule has 24 heavy (non-hydrogen) atoms. The Hall–Kier alpha value is -2.14. The van der Waals surface area contributed by atoms with Crippen molar-refractivity contribution in [2.24, 2.45) is 11.3 Å². The van der Waals surface area contributed by atoms with Crippen LogP contribution in [-0.4, -0.2) is 24.0 Å². The number of carbonyl (C=O) groups is 1. The number of nitrogens with one attached hydrogen (secondary N) is 2. The second kappa shape index (κ2) is 6.06. The Morgan fingerprint density at radius 1 is 1.42 bits per heavy atom. The van der Waals surface area contributed by atoms with E-state index in [1.165, 1.54) is 6.42 Å². The van der Waals surface area contributed by atoms with E-state index in [1.807, 2.05) is 31.2 Å². The average Bonchev–Trinajstić information content (AvgIpc) is 3.22. The van der Waals surface area contributed by atoms with E-state index in [-0.39, 0.29) is 11.3 Å². The minimum atomic E-state index is -0.242.